The normalized spacial score (nSPS) is 15.4. The summed E-state index contributed by atoms with van der Waals surface area (Å²) in [6.07, 6.45) is 5.90. The van der Waals surface area contributed by atoms with Gasteiger partial charge in [-0.2, -0.15) is 4.98 Å². The molecule has 7 heteroatoms. The lowest BCUT2D eigenvalue weighted by molar-refractivity contribution is 0.0891. The molecule has 0 aliphatic heterocycles. The number of hydrogen-bond donors (Lipinski definition) is 1. The van der Waals surface area contributed by atoms with Crippen molar-refractivity contribution < 1.29 is 18.8 Å². The number of ether oxygens (including phenoxy) is 2. The number of carbonyl (C=O) groups is 1. The van der Waals surface area contributed by atoms with Gasteiger partial charge >= 0.3 is 0 Å². The lowest BCUT2D eigenvalue weighted by Gasteiger charge is -2.27. The van der Waals surface area contributed by atoms with Crippen molar-refractivity contribution in [3.8, 4) is 11.5 Å². The zero-order chi connectivity index (χ0) is 19.4. The molecule has 1 heterocycles. The molecule has 1 N–H and O–H groups in total. The van der Waals surface area contributed by atoms with Crippen LogP contribution in [0, 0.1) is 6.92 Å². The molecule has 0 spiro atoms. The number of nitrogens with zero attached hydrogens (tertiary/aromatic N) is 2. The van der Waals surface area contributed by atoms with Gasteiger partial charge in [0.25, 0.3) is 5.91 Å². The van der Waals surface area contributed by atoms with Crippen molar-refractivity contribution in [1.29, 1.82) is 0 Å². The molecule has 1 saturated carbocycles. The van der Waals surface area contributed by atoms with Crippen LogP contribution in [0.5, 0.6) is 11.5 Å². The molecule has 0 atom stereocenters. The molecule has 0 unspecified atom stereocenters. The van der Waals surface area contributed by atoms with Crippen molar-refractivity contribution in [2.45, 2.75) is 44.6 Å². The molecule has 1 fully saturated rings. The number of methoxy groups -OCH3 is 2. The van der Waals surface area contributed by atoms with Crippen LogP contribution in [0.4, 0.5) is 0 Å². The molecule has 1 aliphatic rings. The van der Waals surface area contributed by atoms with Crippen molar-refractivity contribution >= 4 is 5.91 Å². The summed E-state index contributed by atoms with van der Waals surface area (Å²) in [5.41, 5.74) is 0.740. The Morgan fingerprint density at radius 3 is 2.63 bits per heavy atom. The Balaban J connectivity index is 1.95. The molecular weight excluding hydrogens is 346 g/mol. The van der Waals surface area contributed by atoms with Crippen LogP contribution in [0.15, 0.2) is 29.3 Å². The fourth-order valence-corrected chi connectivity index (χ4v) is 3.65. The molecule has 3 rings (SSSR count). The Bertz CT molecular complexity index is 838. The number of carbonyl (C=O) groups excluding carboxylic acids is 1. The van der Waals surface area contributed by atoms with Gasteiger partial charge in [0.2, 0.25) is 5.89 Å². The first-order valence-corrected chi connectivity index (χ1v) is 9.02. The van der Waals surface area contributed by atoms with E-state index in [1.165, 1.54) is 0 Å². The summed E-state index contributed by atoms with van der Waals surface area (Å²) in [4.78, 5) is 17.5. The number of hydrogen-bond acceptors (Lipinski definition) is 6. The van der Waals surface area contributed by atoms with Crippen LogP contribution in [-0.2, 0) is 12.0 Å². The lowest BCUT2D eigenvalue weighted by atomic mass is 9.95. The molecule has 144 valence electrons. The SMILES string of the molecule is C=CCc1cc(C(=O)NC2(c3noc(C)n3)CCCC2)cc(OC)c1OC. The third-order valence-electron chi connectivity index (χ3n) is 4.95. The van der Waals surface area contributed by atoms with Gasteiger partial charge in [0, 0.05) is 18.1 Å². The third kappa shape index (κ3) is 3.67. The van der Waals surface area contributed by atoms with Crippen LogP contribution < -0.4 is 14.8 Å². The van der Waals surface area contributed by atoms with Crippen molar-refractivity contribution in [3.63, 3.8) is 0 Å². The smallest absolute Gasteiger partial charge is 0.252 e. The molecule has 0 bridgehead atoms. The fourth-order valence-electron chi connectivity index (χ4n) is 3.65. The molecular formula is C20H25N3O4. The number of nitrogens with one attached hydrogen (secondary N) is 1. The van der Waals surface area contributed by atoms with Crippen LogP contribution in [0.3, 0.4) is 0 Å². The van der Waals surface area contributed by atoms with E-state index >= 15 is 0 Å². The van der Waals surface area contributed by atoms with E-state index in [0.29, 0.717) is 35.2 Å². The number of rotatable bonds is 7. The van der Waals surface area contributed by atoms with E-state index in [1.807, 2.05) is 6.07 Å². The Morgan fingerprint density at radius 1 is 1.33 bits per heavy atom. The largest absolute Gasteiger partial charge is 0.493 e. The Morgan fingerprint density at radius 2 is 2.07 bits per heavy atom. The summed E-state index contributed by atoms with van der Waals surface area (Å²) in [6.45, 7) is 5.52. The summed E-state index contributed by atoms with van der Waals surface area (Å²) < 4.78 is 16.0. The Kier molecular flexibility index (Phi) is 5.48. The average Bonchev–Trinajstić information content (AvgIpc) is 3.31. The maximum Gasteiger partial charge on any atom is 0.252 e. The standard InChI is InChI=1S/C20H25N3O4/c1-5-8-14-11-15(12-16(25-3)17(14)26-4)18(24)22-20(9-6-7-10-20)19-21-13(2)27-23-19/h5,11-12H,1,6-10H2,2-4H3,(H,22,24). The highest BCUT2D eigenvalue weighted by atomic mass is 16.5. The van der Waals surface area contributed by atoms with Crippen LogP contribution in [0.1, 0.15) is 53.3 Å². The number of aryl methyl sites for hydroxylation is 1. The molecule has 1 aliphatic carbocycles. The molecule has 27 heavy (non-hydrogen) atoms. The molecule has 2 aromatic rings. The van der Waals surface area contributed by atoms with E-state index in [1.54, 1.807) is 33.3 Å². The summed E-state index contributed by atoms with van der Waals surface area (Å²) >= 11 is 0. The summed E-state index contributed by atoms with van der Waals surface area (Å²) in [5.74, 6) is 1.95. The minimum Gasteiger partial charge on any atom is -0.493 e. The van der Waals surface area contributed by atoms with E-state index < -0.39 is 5.54 Å². The van der Waals surface area contributed by atoms with Crippen molar-refractivity contribution in [2.75, 3.05) is 14.2 Å². The Hall–Kier alpha value is -2.83. The predicted molar refractivity (Wildman–Crippen MR) is 100 cm³/mol. The highest BCUT2D eigenvalue weighted by Crippen LogP contribution is 2.38. The molecule has 7 nitrogen and oxygen atoms in total. The van der Waals surface area contributed by atoms with Crippen LogP contribution in [0.2, 0.25) is 0 Å². The van der Waals surface area contributed by atoms with Crippen LogP contribution in [0.25, 0.3) is 0 Å². The fraction of sp³-hybridized carbons (Fsp3) is 0.450. The highest BCUT2D eigenvalue weighted by molar-refractivity contribution is 5.95. The Labute approximate surface area is 158 Å². The van der Waals surface area contributed by atoms with Gasteiger partial charge in [-0.1, -0.05) is 24.1 Å². The molecule has 0 saturated heterocycles. The molecule has 1 aromatic carbocycles. The lowest BCUT2D eigenvalue weighted by Crippen LogP contribution is -2.44. The minimum absolute atomic E-state index is 0.203. The van der Waals surface area contributed by atoms with E-state index in [-0.39, 0.29) is 5.91 Å². The summed E-state index contributed by atoms with van der Waals surface area (Å²) in [7, 11) is 3.13. The zero-order valence-electron chi connectivity index (χ0n) is 16.0. The second kappa shape index (κ2) is 7.82. The highest BCUT2D eigenvalue weighted by Gasteiger charge is 2.41. The van der Waals surface area contributed by atoms with Crippen molar-refractivity contribution in [1.82, 2.24) is 15.5 Å². The van der Waals surface area contributed by atoms with Crippen LogP contribution >= 0.6 is 0 Å². The zero-order valence-corrected chi connectivity index (χ0v) is 16.0. The van der Waals surface area contributed by atoms with E-state index in [4.69, 9.17) is 14.0 Å². The van der Waals surface area contributed by atoms with Gasteiger partial charge in [-0.25, -0.2) is 0 Å². The first-order valence-electron chi connectivity index (χ1n) is 9.02. The predicted octanol–water partition coefficient (Wildman–Crippen LogP) is 3.32. The van der Waals surface area contributed by atoms with Gasteiger partial charge in [-0.05, 0) is 31.4 Å². The maximum absolute atomic E-state index is 13.1. The average molecular weight is 371 g/mol. The van der Waals surface area contributed by atoms with E-state index in [9.17, 15) is 4.79 Å². The number of allylic oxidation sites excluding steroid dienone is 1. The van der Waals surface area contributed by atoms with Crippen molar-refractivity contribution in [3.05, 3.63) is 47.6 Å². The number of aromatic nitrogens is 2. The maximum atomic E-state index is 13.1. The van der Waals surface area contributed by atoms with Gasteiger partial charge in [0.1, 0.15) is 5.54 Å². The van der Waals surface area contributed by atoms with Crippen molar-refractivity contribution in [2.24, 2.45) is 0 Å². The topological polar surface area (TPSA) is 86.5 Å². The third-order valence-corrected chi connectivity index (χ3v) is 4.95. The second-order valence-electron chi connectivity index (χ2n) is 6.74. The quantitative estimate of drug-likeness (QED) is 0.752. The van der Waals surface area contributed by atoms with Gasteiger partial charge in [0.15, 0.2) is 17.3 Å². The van der Waals surface area contributed by atoms with Gasteiger partial charge in [-0.3, -0.25) is 4.79 Å². The van der Waals surface area contributed by atoms with E-state index in [0.717, 1.165) is 31.2 Å². The summed E-state index contributed by atoms with van der Waals surface area (Å²) in [5, 5.41) is 7.22. The summed E-state index contributed by atoms with van der Waals surface area (Å²) in [6, 6.07) is 3.49. The van der Waals surface area contributed by atoms with Crippen LogP contribution in [-0.4, -0.2) is 30.3 Å². The van der Waals surface area contributed by atoms with Gasteiger partial charge in [-0.15, -0.1) is 6.58 Å². The van der Waals surface area contributed by atoms with Gasteiger partial charge in [0.05, 0.1) is 14.2 Å². The number of amides is 1. The monoisotopic (exact) mass is 371 g/mol. The number of benzene rings is 1. The van der Waals surface area contributed by atoms with E-state index in [2.05, 4.69) is 22.0 Å². The molecule has 0 radical (unpaired) electrons. The minimum atomic E-state index is -0.597. The molecule has 1 amide bonds. The van der Waals surface area contributed by atoms with Gasteiger partial charge < -0.3 is 19.3 Å². The molecule has 1 aromatic heterocycles. The first-order chi connectivity index (χ1) is 13.0. The second-order valence-corrected chi connectivity index (χ2v) is 6.74. The first kappa shape index (κ1) is 18.9.